The molecular formula is C17H28S. The lowest BCUT2D eigenvalue weighted by Crippen LogP contribution is -1.81. The van der Waals surface area contributed by atoms with Gasteiger partial charge in [-0.3, -0.25) is 0 Å². The molecule has 102 valence electrons. The molecule has 18 heavy (non-hydrogen) atoms. The molecule has 0 saturated carbocycles. The Morgan fingerprint density at radius 3 is 1.89 bits per heavy atom. The summed E-state index contributed by atoms with van der Waals surface area (Å²) in [4.78, 5) is 1.02. The van der Waals surface area contributed by atoms with Crippen LogP contribution in [0.4, 0.5) is 0 Å². The lowest BCUT2D eigenvalue weighted by molar-refractivity contribution is 1.00. The van der Waals surface area contributed by atoms with Crippen LogP contribution in [0.5, 0.6) is 0 Å². The van der Waals surface area contributed by atoms with Gasteiger partial charge in [-0.1, -0.05) is 45.9 Å². The molecule has 0 atom stereocenters. The highest BCUT2D eigenvalue weighted by Gasteiger charge is 1.89. The van der Waals surface area contributed by atoms with Crippen LogP contribution in [0, 0.1) is 12.3 Å². The van der Waals surface area contributed by atoms with E-state index in [4.69, 9.17) is 0 Å². The van der Waals surface area contributed by atoms with Crippen LogP contribution in [0.1, 0.15) is 46.6 Å². The number of terminal acetylenes is 1. The first-order chi connectivity index (χ1) is 8.74. The highest BCUT2D eigenvalue weighted by atomic mass is 32.1. The molecule has 0 fully saturated rings. The van der Waals surface area contributed by atoms with Gasteiger partial charge in [-0.25, -0.2) is 0 Å². The molecule has 0 spiro atoms. The smallest absolute Gasteiger partial charge is 0.00401 e. The maximum absolute atomic E-state index is 4.60. The summed E-state index contributed by atoms with van der Waals surface area (Å²) in [5.74, 6) is 2.25. The van der Waals surface area contributed by atoms with Gasteiger partial charge in [0.1, 0.15) is 0 Å². The summed E-state index contributed by atoms with van der Waals surface area (Å²) in [5, 5.41) is 0. The summed E-state index contributed by atoms with van der Waals surface area (Å²) in [6.45, 7) is 13.3. The van der Waals surface area contributed by atoms with Crippen molar-refractivity contribution in [1.29, 1.82) is 0 Å². The lowest BCUT2D eigenvalue weighted by Gasteiger charge is -1.97. The number of hydrogen-bond donors (Lipinski definition) is 1. The van der Waals surface area contributed by atoms with Crippen molar-refractivity contribution in [2.45, 2.75) is 52.4 Å². The molecule has 0 aliphatic carbocycles. The minimum absolute atomic E-state index is 1.02. The van der Waals surface area contributed by atoms with Gasteiger partial charge in [0.25, 0.3) is 0 Å². The minimum atomic E-state index is 1.02. The fraction of sp³-hybridized carbons (Fsp3) is 0.412. The maximum atomic E-state index is 4.60. The van der Waals surface area contributed by atoms with E-state index in [1.165, 1.54) is 5.56 Å². The van der Waals surface area contributed by atoms with E-state index < -0.39 is 0 Å². The monoisotopic (exact) mass is 264 g/mol. The SMILES string of the molecule is C#CC.C=CCCc1ccc(S)cc1.CC.CC. The third-order valence-electron chi connectivity index (χ3n) is 1.57. The van der Waals surface area contributed by atoms with Gasteiger partial charge in [0, 0.05) is 4.90 Å². The average molecular weight is 264 g/mol. The normalized spacial score (nSPS) is 6.94. The van der Waals surface area contributed by atoms with Crippen molar-refractivity contribution in [3.05, 3.63) is 42.5 Å². The van der Waals surface area contributed by atoms with Crippen LogP contribution in [0.15, 0.2) is 41.8 Å². The zero-order valence-electron chi connectivity index (χ0n) is 12.5. The van der Waals surface area contributed by atoms with E-state index in [1.807, 2.05) is 45.9 Å². The topological polar surface area (TPSA) is 0 Å². The van der Waals surface area contributed by atoms with Crippen LogP contribution in [0.25, 0.3) is 0 Å². The van der Waals surface area contributed by atoms with E-state index in [-0.39, 0.29) is 0 Å². The molecular weight excluding hydrogens is 236 g/mol. The van der Waals surface area contributed by atoms with Gasteiger partial charge in [-0.15, -0.1) is 31.6 Å². The zero-order valence-corrected chi connectivity index (χ0v) is 13.4. The van der Waals surface area contributed by atoms with E-state index in [2.05, 4.69) is 43.7 Å². The second-order valence-corrected chi connectivity index (χ2v) is 3.30. The molecule has 0 aromatic heterocycles. The fourth-order valence-electron chi connectivity index (χ4n) is 0.931. The Bertz CT molecular complexity index is 290. The molecule has 1 rings (SSSR count). The highest BCUT2D eigenvalue weighted by Crippen LogP contribution is 2.09. The summed E-state index contributed by atoms with van der Waals surface area (Å²) in [6.07, 6.45) is 8.66. The molecule has 0 aliphatic heterocycles. The van der Waals surface area contributed by atoms with Crippen molar-refractivity contribution in [3.63, 3.8) is 0 Å². The van der Waals surface area contributed by atoms with Crippen LogP contribution in [0.2, 0.25) is 0 Å². The minimum Gasteiger partial charge on any atom is -0.143 e. The van der Waals surface area contributed by atoms with E-state index >= 15 is 0 Å². The van der Waals surface area contributed by atoms with Crippen LogP contribution >= 0.6 is 12.6 Å². The first-order valence-corrected chi connectivity index (χ1v) is 6.95. The quantitative estimate of drug-likeness (QED) is 0.399. The Labute approximate surface area is 120 Å². The predicted molar refractivity (Wildman–Crippen MR) is 89.4 cm³/mol. The standard InChI is InChI=1S/C10H12S.C3H4.2C2H6/c1-2-3-4-9-5-7-10(11)8-6-9;1-3-2;2*1-2/h2,5-8,11H,1,3-4H2;1H,2H3;2*1-2H3. The van der Waals surface area contributed by atoms with E-state index in [0.717, 1.165) is 17.7 Å². The Hall–Kier alpha value is -1.13. The maximum Gasteiger partial charge on any atom is 0.00401 e. The second kappa shape index (κ2) is 21.2. The molecule has 1 aromatic rings. The second-order valence-electron chi connectivity index (χ2n) is 2.78. The number of thiol groups is 1. The van der Waals surface area contributed by atoms with Crippen molar-refractivity contribution in [1.82, 2.24) is 0 Å². The molecule has 1 heteroatoms. The molecule has 0 radical (unpaired) electrons. The van der Waals surface area contributed by atoms with Crippen molar-refractivity contribution in [2.24, 2.45) is 0 Å². The summed E-state index contributed by atoms with van der Waals surface area (Å²) in [7, 11) is 0. The van der Waals surface area contributed by atoms with Gasteiger partial charge < -0.3 is 0 Å². The molecule has 0 heterocycles. The van der Waals surface area contributed by atoms with Crippen molar-refractivity contribution >= 4 is 12.6 Å². The third kappa shape index (κ3) is 17.3. The molecule has 0 aliphatic rings. The van der Waals surface area contributed by atoms with Gasteiger partial charge in [0.2, 0.25) is 0 Å². The van der Waals surface area contributed by atoms with E-state index in [1.54, 1.807) is 6.92 Å². The van der Waals surface area contributed by atoms with Crippen LogP contribution < -0.4 is 0 Å². The van der Waals surface area contributed by atoms with Crippen LogP contribution in [-0.4, -0.2) is 0 Å². The number of hydrogen-bond acceptors (Lipinski definition) is 1. The average Bonchev–Trinajstić information content (AvgIpc) is 2.44. The van der Waals surface area contributed by atoms with Gasteiger partial charge in [0.05, 0.1) is 0 Å². The summed E-state index contributed by atoms with van der Waals surface area (Å²) in [5.41, 5.74) is 1.35. The van der Waals surface area contributed by atoms with Gasteiger partial charge in [-0.05, 0) is 37.5 Å². The van der Waals surface area contributed by atoms with Crippen LogP contribution in [-0.2, 0) is 6.42 Å². The van der Waals surface area contributed by atoms with Gasteiger partial charge >= 0.3 is 0 Å². The molecule has 0 bridgehead atoms. The van der Waals surface area contributed by atoms with Crippen LogP contribution in [0.3, 0.4) is 0 Å². The van der Waals surface area contributed by atoms with Crippen molar-refractivity contribution < 1.29 is 0 Å². The zero-order chi connectivity index (χ0) is 14.8. The first kappa shape index (κ1) is 22.1. The lowest BCUT2D eigenvalue weighted by atomic mass is 10.1. The third-order valence-corrected chi connectivity index (χ3v) is 1.87. The Kier molecular flexibility index (Phi) is 26.0. The predicted octanol–water partition coefficient (Wildman–Crippen LogP) is 5.79. The fourth-order valence-corrected chi connectivity index (χ4v) is 1.08. The number of benzene rings is 1. The Morgan fingerprint density at radius 2 is 1.56 bits per heavy atom. The van der Waals surface area contributed by atoms with Crippen molar-refractivity contribution in [3.8, 4) is 12.3 Å². The number of allylic oxidation sites excluding steroid dienone is 1. The van der Waals surface area contributed by atoms with E-state index in [9.17, 15) is 0 Å². The Balaban J connectivity index is -0.000000274. The molecule has 0 saturated heterocycles. The Morgan fingerprint density at radius 1 is 1.17 bits per heavy atom. The summed E-state index contributed by atoms with van der Waals surface area (Å²) >= 11 is 4.20. The molecule has 0 amide bonds. The van der Waals surface area contributed by atoms with Gasteiger partial charge in [-0.2, -0.15) is 0 Å². The van der Waals surface area contributed by atoms with Gasteiger partial charge in [0.15, 0.2) is 0 Å². The molecule has 0 unspecified atom stereocenters. The molecule has 1 aromatic carbocycles. The number of aryl methyl sites for hydroxylation is 1. The highest BCUT2D eigenvalue weighted by molar-refractivity contribution is 7.80. The van der Waals surface area contributed by atoms with E-state index in [0.29, 0.717) is 0 Å². The molecule has 0 nitrogen and oxygen atoms in total. The largest absolute Gasteiger partial charge is 0.143 e. The summed E-state index contributed by atoms with van der Waals surface area (Å²) in [6, 6.07) is 8.24. The number of rotatable bonds is 3. The molecule has 0 N–H and O–H groups in total. The summed E-state index contributed by atoms with van der Waals surface area (Å²) < 4.78 is 0. The first-order valence-electron chi connectivity index (χ1n) is 6.50. The van der Waals surface area contributed by atoms with Crippen molar-refractivity contribution in [2.75, 3.05) is 0 Å².